The Kier molecular flexibility index (Phi) is 4.80. The van der Waals surface area contributed by atoms with Gasteiger partial charge < -0.3 is 15.1 Å². The van der Waals surface area contributed by atoms with Crippen LogP contribution in [0.5, 0.6) is 0 Å². The fourth-order valence-electron chi connectivity index (χ4n) is 2.45. The van der Waals surface area contributed by atoms with Gasteiger partial charge in [-0.1, -0.05) is 11.6 Å². The molecular formula is C13H19ClN2O2. The number of hydrogen-bond donors (Lipinski definition) is 2. The summed E-state index contributed by atoms with van der Waals surface area (Å²) in [6.45, 7) is 2.00. The number of aliphatic hydroxyl groups is 2. The molecule has 1 fully saturated rings. The van der Waals surface area contributed by atoms with Crippen LogP contribution >= 0.6 is 11.6 Å². The summed E-state index contributed by atoms with van der Waals surface area (Å²) in [6.07, 6.45) is 3.12. The zero-order chi connectivity index (χ0) is 13.0. The summed E-state index contributed by atoms with van der Waals surface area (Å²) in [5.74, 6) is 1.39. The van der Waals surface area contributed by atoms with E-state index in [0.717, 1.165) is 38.2 Å². The molecule has 0 aromatic carbocycles. The van der Waals surface area contributed by atoms with Gasteiger partial charge in [0.2, 0.25) is 0 Å². The van der Waals surface area contributed by atoms with E-state index in [4.69, 9.17) is 16.7 Å². The van der Waals surface area contributed by atoms with E-state index in [1.54, 1.807) is 6.07 Å². The van der Waals surface area contributed by atoms with Crippen molar-refractivity contribution in [1.29, 1.82) is 0 Å². The van der Waals surface area contributed by atoms with E-state index in [-0.39, 0.29) is 13.2 Å². The van der Waals surface area contributed by atoms with Crippen molar-refractivity contribution >= 4 is 17.4 Å². The topological polar surface area (TPSA) is 56.6 Å². The zero-order valence-electron chi connectivity index (χ0n) is 10.3. The van der Waals surface area contributed by atoms with Gasteiger partial charge in [-0.05, 0) is 37.3 Å². The smallest absolute Gasteiger partial charge is 0.129 e. The van der Waals surface area contributed by atoms with Crippen LogP contribution in [0.2, 0.25) is 5.02 Å². The molecule has 1 aromatic rings. The fourth-order valence-corrected chi connectivity index (χ4v) is 2.62. The Bertz CT molecular complexity index is 399. The number of aliphatic hydroxyl groups excluding tert-OH is 2. The normalized spacial score (nSPS) is 20.2. The van der Waals surface area contributed by atoms with Gasteiger partial charge in [-0.2, -0.15) is 0 Å². The van der Waals surface area contributed by atoms with Crippen molar-refractivity contribution in [1.82, 2.24) is 4.98 Å². The van der Waals surface area contributed by atoms with E-state index in [9.17, 15) is 5.11 Å². The Morgan fingerprint density at radius 3 is 2.94 bits per heavy atom. The molecule has 0 bridgehead atoms. The molecule has 1 aliphatic heterocycles. The third kappa shape index (κ3) is 3.13. The number of aromatic nitrogens is 1. The summed E-state index contributed by atoms with van der Waals surface area (Å²) in [7, 11) is 0. The van der Waals surface area contributed by atoms with Gasteiger partial charge in [0.1, 0.15) is 5.82 Å². The van der Waals surface area contributed by atoms with E-state index < -0.39 is 0 Å². The van der Waals surface area contributed by atoms with Gasteiger partial charge in [-0.15, -0.1) is 0 Å². The van der Waals surface area contributed by atoms with Crippen LogP contribution in [0.1, 0.15) is 25.0 Å². The lowest BCUT2D eigenvalue weighted by molar-refractivity contribution is 0.244. The molecule has 1 aliphatic rings. The second-order valence-corrected chi connectivity index (χ2v) is 5.13. The second kappa shape index (κ2) is 6.36. The van der Waals surface area contributed by atoms with Gasteiger partial charge in [0, 0.05) is 19.7 Å². The van der Waals surface area contributed by atoms with Gasteiger partial charge in [0.05, 0.1) is 17.3 Å². The van der Waals surface area contributed by atoms with Crippen molar-refractivity contribution < 1.29 is 10.2 Å². The maximum Gasteiger partial charge on any atom is 0.129 e. The van der Waals surface area contributed by atoms with Crippen molar-refractivity contribution in [2.75, 3.05) is 24.6 Å². The average molecular weight is 271 g/mol. The van der Waals surface area contributed by atoms with Crippen molar-refractivity contribution in [3.8, 4) is 0 Å². The van der Waals surface area contributed by atoms with Crippen LogP contribution in [0.15, 0.2) is 12.1 Å². The maximum absolute atomic E-state index is 9.18. The minimum Gasteiger partial charge on any atom is -0.396 e. The summed E-state index contributed by atoms with van der Waals surface area (Å²) in [5, 5.41) is 18.7. The molecule has 1 atom stereocenters. The molecule has 0 aliphatic carbocycles. The predicted octanol–water partition coefficient (Wildman–Crippen LogP) is 1.83. The molecule has 0 spiro atoms. The summed E-state index contributed by atoms with van der Waals surface area (Å²) in [5.41, 5.74) is 0.526. The molecule has 1 saturated heterocycles. The van der Waals surface area contributed by atoms with Gasteiger partial charge in [0.25, 0.3) is 0 Å². The Labute approximate surface area is 112 Å². The van der Waals surface area contributed by atoms with Crippen LogP contribution in [0.25, 0.3) is 0 Å². The minimum absolute atomic E-state index is 0.138. The third-order valence-electron chi connectivity index (χ3n) is 3.43. The zero-order valence-corrected chi connectivity index (χ0v) is 11.1. The first-order chi connectivity index (χ1) is 8.74. The van der Waals surface area contributed by atoms with E-state index in [2.05, 4.69) is 9.88 Å². The Balaban J connectivity index is 2.10. The largest absolute Gasteiger partial charge is 0.396 e. The third-order valence-corrected chi connectivity index (χ3v) is 3.78. The van der Waals surface area contributed by atoms with Gasteiger partial charge >= 0.3 is 0 Å². The quantitative estimate of drug-likeness (QED) is 0.876. The first-order valence-corrected chi connectivity index (χ1v) is 6.74. The van der Waals surface area contributed by atoms with Gasteiger partial charge in [0.15, 0.2) is 0 Å². The number of anilines is 1. The number of nitrogens with zero attached hydrogens (tertiary/aromatic N) is 2. The highest BCUT2D eigenvalue weighted by molar-refractivity contribution is 6.31. The van der Waals surface area contributed by atoms with Crippen LogP contribution in [-0.4, -0.2) is 34.9 Å². The summed E-state index contributed by atoms with van der Waals surface area (Å²) in [4.78, 5) is 6.60. The van der Waals surface area contributed by atoms with Crippen LogP contribution in [0.4, 0.5) is 5.82 Å². The molecule has 5 heteroatoms. The van der Waals surface area contributed by atoms with Crippen molar-refractivity contribution in [3.63, 3.8) is 0 Å². The van der Waals surface area contributed by atoms with Crippen LogP contribution in [0, 0.1) is 5.92 Å². The summed E-state index contributed by atoms with van der Waals surface area (Å²) >= 11 is 5.94. The lowest BCUT2D eigenvalue weighted by Gasteiger charge is -2.33. The van der Waals surface area contributed by atoms with Crippen molar-refractivity contribution in [3.05, 3.63) is 22.8 Å². The first-order valence-electron chi connectivity index (χ1n) is 6.36. The summed E-state index contributed by atoms with van der Waals surface area (Å²) < 4.78 is 0. The van der Waals surface area contributed by atoms with Crippen LogP contribution < -0.4 is 4.90 Å². The molecule has 2 heterocycles. The first kappa shape index (κ1) is 13.6. The van der Waals surface area contributed by atoms with Gasteiger partial charge in [-0.3, -0.25) is 0 Å². The molecular weight excluding hydrogens is 252 g/mol. The van der Waals surface area contributed by atoms with E-state index in [1.807, 2.05) is 6.07 Å². The Morgan fingerprint density at radius 1 is 1.39 bits per heavy atom. The molecule has 1 aromatic heterocycles. The fraction of sp³-hybridized carbons (Fsp3) is 0.615. The average Bonchev–Trinajstić information content (AvgIpc) is 2.40. The molecule has 1 unspecified atom stereocenters. The second-order valence-electron chi connectivity index (χ2n) is 4.72. The Hall–Kier alpha value is -0.840. The molecule has 2 N–H and O–H groups in total. The standard InChI is InChI=1S/C13H19ClN2O2/c14-11-3-4-13(15-12(11)9-18)16-6-1-2-10(8-16)5-7-17/h3-4,10,17-18H,1-2,5-9H2. The Morgan fingerprint density at radius 2 is 2.22 bits per heavy atom. The minimum atomic E-state index is -0.138. The number of hydrogen-bond acceptors (Lipinski definition) is 4. The highest BCUT2D eigenvalue weighted by atomic mass is 35.5. The molecule has 2 rings (SSSR count). The molecule has 0 radical (unpaired) electrons. The van der Waals surface area contributed by atoms with E-state index >= 15 is 0 Å². The van der Waals surface area contributed by atoms with Crippen molar-refractivity contribution in [2.45, 2.75) is 25.9 Å². The highest BCUT2D eigenvalue weighted by Gasteiger charge is 2.20. The van der Waals surface area contributed by atoms with Crippen molar-refractivity contribution in [2.24, 2.45) is 5.92 Å². The number of halogens is 1. The lowest BCUT2D eigenvalue weighted by Crippen LogP contribution is -2.36. The van der Waals surface area contributed by atoms with E-state index in [1.165, 1.54) is 0 Å². The number of pyridine rings is 1. The number of rotatable bonds is 4. The predicted molar refractivity (Wildman–Crippen MR) is 71.8 cm³/mol. The van der Waals surface area contributed by atoms with Gasteiger partial charge in [-0.25, -0.2) is 4.98 Å². The molecule has 0 saturated carbocycles. The molecule has 0 amide bonds. The van der Waals surface area contributed by atoms with E-state index in [0.29, 0.717) is 16.6 Å². The molecule has 18 heavy (non-hydrogen) atoms. The summed E-state index contributed by atoms with van der Waals surface area (Å²) in [6, 6.07) is 3.67. The monoisotopic (exact) mass is 270 g/mol. The molecule has 100 valence electrons. The molecule has 4 nitrogen and oxygen atoms in total. The highest BCUT2D eigenvalue weighted by Crippen LogP contribution is 2.25. The SMILES string of the molecule is OCCC1CCCN(c2ccc(Cl)c(CO)n2)C1. The number of piperidine rings is 1. The van der Waals surface area contributed by atoms with Crippen LogP contribution in [-0.2, 0) is 6.61 Å². The lowest BCUT2D eigenvalue weighted by atomic mass is 9.95. The van der Waals surface area contributed by atoms with Crippen LogP contribution in [0.3, 0.4) is 0 Å². The maximum atomic E-state index is 9.18.